The molecule has 2 saturated heterocycles. The zero-order valence-corrected chi connectivity index (χ0v) is 15.1. The first-order valence-corrected chi connectivity index (χ1v) is 9.48. The molecule has 0 aliphatic carbocycles. The van der Waals surface area contributed by atoms with E-state index in [1.165, 1.54) is 18.5 Å². The van der Waals surface area contributed by atoms with Gasteiger partial charge in [0.25, 0.3) is 0 Å². The molecule has 132 valence electrons. The van der Waals surface area contributed by atoms with E-state index in [4.69, 9.17) is 0 Å². The van der Waals surface area contributed by atoms with E-state index in [1.54, 1.807) is 0 Å². The van der Waals surface area contributed by atoms with Gasteiger partial charge in [-0.2, -0.15) is 0 Å². The van der Waals surface area contributed by atoms with Gasteiger partial charge in [-0.05, 0) is 61.8 Å². The van der Waals surface area contributed by atoms with Crippen LogP contribution in [0.5, 0.6) is 0 Å². The normalized spacial score (nSPS) is 20.2. The fraction of sp³-hybridized carbons (Fsp3) is 0.650. The minimum atomic E-state index is 0.219. The van der Waals surface area contributed by atoms with E-state index < -0.39 is 0 Å². The summed E-state index contributed by atoms with van der Waals surface area (Å²) in [4.78, 5) is 16.7. The van der Waals surface area contributed by atoms with Crippen molar-refractivity contribution in [1.29, 1.82) is 0 Å². The molecule has 0 spiro atoms. The number of rotatable bonds is 4. The van der Waals surface area contributed by atoms with Crippen molar-refractivity contribution >= 4 is 17.3 Å². The maximum absolute atomic E-state index is 12.3. The molecule has 0 atom stereocenters. The third-order valence-electron chi connectivity index (χ3n) is 5.60. The highest BCUT2D eigenvalue weighted by atomic mass is 16.2. The van der Waals surface area contributed by atoms with Crippen LogP contribution in [0.2, 0.25) is 0 Å². The molecule has 2 heterocycles. The highest BCUT2D eigenvalue weighted by Gasteiger charge is 2.20. The van der Waals surface area contributed by atoms with Crippen molar-refractivity contribution in [2.75, 3.05) is 42.9 Å². The summed E-state index contributed by atoms with van der Waals surface area (Å²) < 4.78 is 0. The summed E-state index contributed by atoms with van der Waals surface area (Å²) in [7, 11) is 0. The van der Waals surface area contributed by atoms with Crippen LogP contribution >= 0.6 is 0 Å². The molecule has 2 aliphatic rings. The number of carbonyl (C=O) groups is 1. The summed E-state index contributed by atoms with van der Waals surface area (Å²) in [5.41, 5.74) is 2.33. The molecule has 4 nitrogen and oxygen atoms in total. The van der Waals surface area contributed by atoms with E-state index in [-0.39, 0.29) is 5.91 Å². The number of piperidine rings is 2. The predicted octanol–water partition coefficient (Wildman–Crippen LogP) is 3.59. The number of benzene rings is 1. The standard InChI is InChI=1S/C20H31N3O/c1-16-7-11-22(12-8-16)19-5-3-18(4-6-19)21-15-20(24)23-13-9-17(2)10-14-23/h3-6,16-17,21H,7-15H2,1-2H3. The smallest absolute Gasteiger partial charge is 0.241 e. The van der Waals surface area contributed by atoms with Crippen LogP contribution in [0.1, 0.15) is 39.5 Å². The van der Waals surface area contributed by atoms with Crippen LogP contribution in [0.4, 0.5) is 11.4 Å². The van der Waals surface area contributed by atoms with Crippen LogP contribution in [0.15, 0.2) is 24.3 Å². The van der Waals surface area contributed by atoms with Gasteiger partial charge in [-0.25, -0.2) is 0 Å². The lowest BCUT2D eigenvalue weighted by Crippen LogP contribution is -2.40. The third-order valence-corrected chi connectivity index (χ3v) is 5.60. The Bertz CT molecular complexity index is 526. The van der Waals surface area contributed by atoms with Crippen LogP contribution in [0, 0.1) is 11.8 Å². The number of hydrogen-bond donors (Lipinski definition) is 1. The van der Waals surface area contributed by atoms with Crippen LogP contribution in [-0.2, 0) is 4.79 Å². The molecule has 1 aromatic rings. The van der Waals surface area contributed by atoms with E-state index in [9.17, 15) is 4.79 Å². The largest absolute Gasteiger partial charge is 0.376 e. The van der Waals surface area contributed by atoms with Gasteiger partial charge < -0.3 is 15.1 Å². The number of nitrogens with zero attached hydrogens (tertiary/aromatic N) is 2. The molecule has 0 saturated carbocycles. The topological polar surface area (TPSA) is 35.6 Å². The Morgan fingerprint density at radius 2 is 1.50 bits per heavy atom. The molecule has 1 N–H and O–H groups in total. The van der Waals surface area contributed by atoms with Crippen LogP contribution in [-0.4, -0.2) is 43.5 Å². The quantitative estimate of drug-likeness (QED) is 0.917. The monoisotopic (exact) mass is 329 g/mol. The van der Waals surface area contributed by atoms with Gasteiger partial charge >= 0.3 is 0 Å². The van der Waals surface area contributed by atoms with Gasteiger partial charge in [0.2, 0.25) is 5.91 Å². The third kappa shape index (κ3) is 4.43. The van der Waals surface area contributed by atoms with Crippen LogP contribution in [0.3, 0.4) is 0 Å². The van der Waals surface area contributed by atoms with E-state index >= 15 is 0 Å². The molecule has 24 heavy (non-hydrogen) atoms. The van der Waals surface area contributed by atoms with Crippen molar-refractivity contribution in [2.24, 2.45) is 11.8 Å². The Balaban J connectivity index is 1.47. The molecule has 3 rings (SSSR count). The van der Waals surface area contributed by atoms with Crippen molar-refractivity contribution in [3.05, 3.63) is 24.3 Å². The Morgan fingerprint density at radius 3 is 2.08 bits per heavy atom. The molecule has 0 bridgehead atoms. The molecule has 1 aromatic carbocycles. The van der Waals surface area contributed by atoms with Crippen LogP contribution in [0.25, 0.3) is 0 Å². The Kier molecular flexibility index (Phi) is 5.64. The zero-order chi connectivity index (χ0) is 16.9. The Hall–Kier alpha value is -1.71. The Morgan fingerprint density at radius 1 is 0.958 bits per heavy atom. The molecule has 0 aromatic heterocycles. The zero-order valence-electron chi connectivity index (χ0n) is 15.1. The molecular formula is C20H31N3O. The molecule has 0 radical (unpaired) electrons. The lowest BCUT2D eigenvalue weighted by atomic mass is 9.99. The molecule has 2 fully saturated rings. The van der Waals surface area contributed by atoms with Gasteiger partial charge in [-0.15, -0.1) is 0 Å². The number of hydrogen-bond acceptors (Lipinski definition) is 3. The molecule has 2 aliphatic heterocycles. The molecule has 4 heteroatoms. The average Bonchev–Trinajstić information content (AvgIpc) is 2.61. The maximum atomic E-state index is 12.3. The number of likely N-dealkylation sites (tertiary alicyclic amines) is 1. The fourth-order valence-corrected chi connectivity index (χ4v) is 3.60. The van der Waals surface area contributed by atoms with Crippen molar-refractivity contribution in [3.8, 4) is 0 Å². The summed E-state index contributed by atoms with van der Waals surface area (Å²) in [6.45, 7) is 9.13. The molecule has 1 amide bonds. The van der Waals surface area contributed by atoms with Crippen molar-refractivity contribution in [1.82, 2.24) is 4.90 Å². The molecule has 0 unspecified atom stereocenters. The summed E-state index contributed by atoms with van der Waals surface area (Å²) in [6.07, 6.45) is 4.83. The fourth-order valence-electron chi connectivity index (χ4n) is 3.60. The summed E-state index contributed by atoms with van der Waals surface area (Å²) >= 11 is 0. The Labute approximate surface area is 146 Å². The van der Waals surface area contributed by atoms with Gasteiger partial charge in [0.1, 0.15) is 0 Å². The van der Waals surface area contributed by atoms with E-state index in [2.05, 4.69) is 48.3 Å². The highest BCUT2D eigenvalue weighted by molar-refractivity contribution is 5.81. The lowest BCUT2D eigenvalue weighted by Gasteiger charge is -2.32. The number of anilines is 2. The summed E-state index contributed by atoms with van der Waals surface area (Å²) in [5.74, 6) is 1.83. The molecular weight excluding hydrogens is 298 g/mol. The van der Waals surface area contributed by atoms with E-state index in [0.717, 1.165) is 56.5 Å². The predicted molar refractivity (Wildman–Crippen MR) is 101 cm³/mol. The number of nitrogens with one attached hydrogen (secondary N) is 1. The van der Waals surface area contributed by atoms with Crippen molar-refractivity contribution < 1.29 is 4.79 Å². The first-order valence-electron chi connectivity index (χ1n) is 9.48. The van der Waals surface area contributed by atoms with E-state index in [1.807, 2.05) is 4.90 Å². The first-order chi connectivity index (χ1) is 11.6. The van der Waals surface area contributed by atoms with Gasteiger partial charge in [0.05, 0.1) is 6.54 Å². The second-order valence-corrected chi connectivity index (χ2v) is 7.63. The second-order valence-electron chi connectivity index (χ2n) is 7.63. The minimum Gasteiger partial charge on any atom is -0.376 e. The number of amides is 1. The number of carbonyl (C=O) groups excluding carboxylic acids is 1. The van der Waals surface area contributed by atoms with Gasteiger partial charge in [0, 0.05) is 37.6 Å². The summed E-state index contributed by atoms with van der Waals surface area (Å²) in [6, 6.07) is 8.54. The highest BCUT2D eigenvalue weighted by Crippen LogP contribution is 2.24. The minimum absolute atomic E-state index is 0.219. The van der Waals surface area contributed by atoms with Gasteiger partial charge in [0.15, 0.2) is 0 Å². The SMILES string of the molecule is CC1CCN(C(=O)CNc2ccc(N3CCC(C)CC3)cc2)CC1. The second kappa shape index (κ2) is 7.91. The van der Waals surface area contributed by atoms with Crippen molar-refractivity contribution in [2.45, 2.75) is 39.5 Å². The summed E-state index contributed by atoms with van der Waals surface area (Å²) in [5, 5.41) is 3.28. The van der Waals surface area contributed by atoms with Gasteiger partial charge in [-0.3, -0.25) is 4.79 Å². The first kappa shape index (κ1) is 17.1. The lowest BCUT2D eigenvalue weighted by molar-refractivity contribution is -0.130. The maximum Gasteiger partial charge on any atom is 0.241 e. The van der Waals surface area contributed by atoms with Gasteiger partial charge in [-0.1, -0.05) is 13.8 Å². The van der Waals surface area contributed by atoms with Crippen molar-refractivity contribution in [3.63, 3.8) is 0 Å². The van der Waals surface area contributed by atoms with Crippen LogP contribution < -0.4 is 10.2 Å². The average molecular weight is 329 g/mol. The van der Waals surface area contributed by atoms with E-state index in [0.29, 0.717) is 6.54 Å².